The van der Waals surface area contributed by atoms with Crippen LogP contribution in [0.1, 0.15) is 0 Å². The van der Waals surface area contributed by atoms with E-state index in [-0.39, 0.29) is 17.8 Å². The Hall–Kier alpha value is -2.60. The SMILES string of the molecule is Cl.O=c1c2nccc(-c3ccc(N4CCNCC4)cc3)c2oc2cccc(Cl)c12. The van der Waals surface area contributed by atoms with Crippen molar-refractivity contribution in [2.45, 2.75) is 0 Å². The van der Waals surface area contributed by atoms with Gasteiger partial charge in [0.1, 0.15) is 5.58 Å². The van der Waals surface area contributed by atoms with Crippen LogP contribution in [0.3, 0.4) is 0 Å². The zero-order valence-corrected chi connectivity index (χ0v) is 17.1. The van der Waals surface area contributed by atoms with Gasteiger partial charge in [-0.3, -0.25) is 4.79 Å². The lowest BCUT2D eigenvalue weighted by molar-refractivity contribution is 0.589. The molecule has 0 amide bonds. The zero-order valence-electron chi connectivity index (χ0n) is 15.5. The first-order valence-corrected chi connectivity index (χ1v) is 9.66. The molecule has 2 aromatic carbocycles. The van der Waals surface area contributed by atoms with Gasteiger partial charge < -0.3 is 14.6 Å². The van der Waals surface area contributed by atoms with Crippen molar-refractivity contribution in [3.63, 3.8) is 0 Å². The second-order valence-corrected chi connectivity index (χ2v) is 7.27. The highest BCUT2D eigenvalue weighted by atomic mass is 35.5. The van der Waals surface area contributed by atoms with Gasteiger partial charge in [0, 0.05) is 43.6 Å². The number of aromatic nitrogens is 1. The first-order valence-electron chi connectivity index (χ1n) is 9.28. The van der Waals surface area contributed by atoms with Crippen molar-refractivity contribution >= 4 is 51.8 Å². The summed E-state index contributed by atoms with van der Waals surface area (Å²) in [7, 11) is 0. The lowest BCUT2D eigenvalue weighted by atomic mass is 10.0. The monoisotopic (exact) mass is 427 g/mol. The van der Waals surface area contributed by atoms with Gasteiger partial charge in [-0.25, -0.2) is 4.98 Å². The van der Waals surface area contributed by atoms with Crippen LogP contribution in [0.4, 0.5) is 5.69 Å². The maximum atomic E-state index is 12.9. The molecule has 0 spiro atoms. The Morgan fingerprint density at radius 2 is 1.79 bits per heavy atom. The fourth-order valence-corrected chi connectivity index (χ4v) is 4.01. The molecule has 0 bridgehead atoms. The Labute approximate surface area is 178 Å². The third-order valence-electron chi connectivity index (χ3n) is 5.19. The second-order valence-electron chi connectivity index (χ2n) is 6.86. The number of piperazine rings is 1. The van der Waals surface area contributed by atoms with E-state index in [9.17, 15) is 4.79 Å². The van der Waals surface area contributed by atoms with E-state index in [2.05, 4.69) is 39.5 Å². The van der Waals surface area contributed by atoms with Crippen molar-refractivity contribution in [3.8, 4) is 11.1 Å². The molecule has 1 fully saturated rings. The van der Waals surface area contributed by atoms with Crippen LogP contribution in [0.2, 0.25) is 5.02 Å². The standard InChI is InChI=1S/C22H18ClN3O2.ClH/c23-17-2-1-3-18-19(17)21(27)20-22(28-18)16(8-9-25-20)14-4-6-15(7-5-14)26-12-10-24-11-13-26;/h1-9,24H,10-13H2;1H. The average Bonchev–Trinajstić information content (AvgIpc) is 2.74. The Morgan fingerprint density at radius 1 is 1.03 bits per heavy atom. The first kappa shape index (κ1) is 19.7. The van der Waals surface area contributed by atoms with E-state index in [1.807, 2.05) is 6.07 Å². The zero-order chi connectivity index (χ0) is 19.1. The molecule has 29 heavy (non-hydrogen) atoms. The third-order valence-corrected chi connectivity index (χ3v) is 5.51. The van der Waals surface area contributed by atoms with E-state index in [0.717, 1.165) is 37.3 Å². The molecule has 1 aliphatic heterocycles. The van der Waals surface area contributed by atoms with Crippen LogP contribution in [0.25, 0.3) is 33.2 Å². The third kappa shape index (κ3) is 3.46. The van der Waals surface area contributed by atoms with Crippen LogP contribution in [0, 0.1) is 0 Å². The minimum Gasteiger partial charge on any atom is -0.453 e. The summed E-state index contributed by atoms with van der Waals surface area (Å²) in [5.41, 5.74) is 4.06. The number of fused-ring (bicyclic) bond motifs is 2. The molecule has 4 aromatic rings. The molecule has 3 heterocycles. The lowest BCUT2D eigenvalue weighted by Gasteiger charge is -2.29. The van der Waals surface area contributed by atoms with E-state index in [1.54, 1.807) is 24.4 Å². The Balaban J connectivity index is 0.00000205. The van der Waals surface area contributed by atoms with Crippen LogP contribution in [0.15, 0.2) is 63.9 Å². The van der Waals surface area contributed by atoms with Crippen molar-refractivity contribution in [3.05, 3.63) is 70.0 Å². The molecule has 0 aliphatic carbocycles. The largest absolute Gasteiger partial charge is 0.453 e. The molecule has 5 rings (SSSR count). The molecule has 1 N–H and O–H groups in total. The van der Waals surface area contributed by atoms with Crippen molar-refractivity contribution < 1.29 is 4.42 Å². The predicted octanol–water partition coefficient (Wildman–Crippen LogP) is 4.49. The van der Waals surface area contributed by atoms with Crippen molar-refractivity contribution in [1.29, 1.82) is 0 Å². The number of pyridine rings is 1. The fourth-order valence-electron chi connectivity index (χ4n) is 3.75. The minimum atomic E-state index is -0.207. The number of halogens is 2. The van der Waals surface area contributed by atoms with E-state index >= 15 is 0 Å². The molecule has 0 atom stereocenters. The van der Waals surface area contributed by atoms with Crippen LogP contribution >= 0.6 is 24.0 Å². The molecule has 7 heteroatoms. The van der Waals surface area contributed by atoms with Gasteiger partial charge in [-0.05, 0) is 35.9 Å². The van der Waals surface area contributed by atoms with Gasteiger partial charge in [-0.1, -0.05) is 29.8 Å². The van der Waals surface area contributed by atoms with Gasteiger partial charge in [0.05, 0.1) is 10.4 Å². The maximum absolute atomic E-state index is 12.9. The molecule has 148 valence electrons. The maximum Gasteiger partial charge on any atom is 0.220 e. The Bertz CT molecular complexity index is 1230. The smallest absolute Gasteiger partial charge is 0.220 e. The molecular formula is C22H19Cl2N3O2. The molecule has 0 unspecified atom stereocenters. The van der Waals surface area contributed by atoms with Gasteiger partial charge in [0.2, 0.25) is 5.43 Å². The summed E-state index contributed by atoms with van der Waals surface area (Å²) in [5.74, 6) is 0. The molecule has 5 nitrogen and oxygen atoms in total. The quantitative estimate of drug-likeness (QED) is 0.477. The van der Waals surface area contributed by atoms with Crippen molar-refractivity contribution in [2.75, 3.05) is 31.1 Å². The van der Waals surface area contributed by atoms with E-state index in [0.29, 0.717) is 27.1 Å². The second kappa shape index (κ2) is 8.03. The highest BCUT2D eigenvalue weighted by Crippen LogP contribution is 2.31. The Morgan fingerprint density at radius 3 is 2.55 bits per heavy atom. The van der Waals surface area contributed by atoms with Gasteiger partial charge in [-0.15, -0.1) is 12.4 Å². The normalized spacial score (nSPS) is 14.2. The van der Waals surface area contributed by atoms with E-state index in [4.69, 9.17) is 16.0 Å². The molecule has 0 radical (unpaired) electrons. The van der Waals surface area contributed by atoms with Gasteiger partial charge >= 0.3 is 0 Å². The topological polar surface area (TPSA) is 58.4 Å². The van der Waals surface area contributed by atoms with Crippen molar-refractivity contribution in [2.24, 2.45) is 0 Å². The number of anilines is 1. The van der Waals surface area contributed by atoms with Crippen LogP contribution < -0.4 is 15.6 Å². The van der Waals surface area contributed by atoms with Crippen LogP contribution in [0.5, 0.6) is 0 Å². The first-order chi connectivity index (χ1) is 13.7. The summed E-state index contributed by atoms with van der Waals surface area (Å²) in [6, 6.07) is 15.4. The number of hydrogen-bond acceptors (Lipinski definition) is 5. The number of nitrogens with zero attached hydrogens (tertiary/aromatic N) is 2. The van der Waals surface area contributed by atoms with E-state index in [1.165, 1.54) is 5.69 Å². The fraction of sp³-hybridized carbons (Fsp3) is 0.182. The molecule has 0 saturated carbocycles. The van der Waals surface area contributed by atoms with Gasteiger partial charge in [0.25, 0.3) is 0 Å². The summed E-state index contributed by atoms with van der Waals surface area (Å²) in [6.45, 7) is 3.99. The Kier molecular flexibility index (Phi) is 5.46. The predicted molar refractivity (Wildman–Crippen MR) is 121 cm³/mol. The van der Waals surface area contributed by atoms with Crippen LogP contribution in [-0.4, -0.2) is 31.2 Å². The number of rotatable bonds is 2. The molecule has 2 aromatic heterocycles. The van der Waals surface area contributed by atoms with Gasteiger partial charge in [-0.2, -0.15) is 0 Å². The summed E-state index contributed by atoms with van der Waals surface area (Å²) < 4.78 is 6.07. The number of hydrogen-bond donors (Lipinski definition) is 1. The lowest BCUT2D eigenvalue weighted by Crippen LogP contribution is -2.43. The minimum absolute atomic E-state index is 0. The van der Waals surface area contributed by atoms with Gasteiger partial charge in [0.15, 0.2) is 11.1 Å². The summed E-state index contributed by atoms with van der Waals surface area (Å²) in [4.78, 5) is 19.6. The highest BCUT2D eigenvalue weighted by molar-refractivity contribution is 6.35. The van der Waals surface area contributed by atoms with Crippen LogP contribution in [-0.2, 0) is 0 Å². The summed E-state index contributed by atoms with van der Waals surface area (Å²) in [6.07, 6.45) is 1.64. The number of benzene rings is 2. The highest BCUT2D eigenvalue weighted by Gasteiger charge is 2.16. The molecular weight excluding hydrogens is 409 g/mol. The summed E-state index contributed by atoms with van der Waals surface area (Å²) >= 11 is 6.21. The van der Waals surface area contributed by atoms with Crippen molar-refractivity contribution in [1.82, 2.24) is 10.3 Å². The average molecular weight is 428 g/mol. The molecule has 1 aliphatic rings. The summed E-state index contributed by atoms with van der Waals surface area (Å²) in [5, 5.41) is 4.11. The molecule has 1 saturated heterocycles. The van der Waals surface area contributed by atoms with E-state index < -0.39 is 0 Å². The number of nitrogens with one attached hydrogen (secondary N) is 1.